The van der Waals surface area contributed by atoms with Crippen molar-refractivity contribution in [3.63, 3.8) is 0 Å². The first-order valence-electron chi connectivity index (χ1n) is 8.22. The van der Waals surface area contributed by atoms with Gasteiger partial charge in [-0.2, -0.15) is 0 Å². The van der Waals surface area contributed by atoms with Crippen LogP contribution >= 0.6 is 11.6 Å². The predicted octanol–water partition coefficient (Wildman–Crippen LogP) is 5.31. The van der Waals surface area contributed by atoms with E-state index in [0.717, 1.165) is 0 Å². The summed E-state index contributed by atoms with van der Waals surface area (Å²) < 4.78 is 5.78. The zero-order chi connectivity index (χ0) is 19.7. The first-order valence-corrected chi connectivity index (χ1v) is 8.60. The molecule has 0 bridgehead atoms. The summed E-state index contributed by atoms with van der Waals surface area (Å²) in [6.07, 6.45) is 0. The van der Waals surface area contributed by atoms with E-state index in [-0.39, 0.29) is 5.69 Å². The average Bonchev–Trinajstić information content (AvgIpc) is 3.11. The number of nitro benzene ring substituents is 1. The molecule has 4 rings (SSSR count). The molecule has 0 atom stereocenters. The van der Waals surface area contributed by atoms with Crippen LogP contribution in [0.5, 0.6) is 0 Å². The van der Waals surface area contributed by atoms with Gasteiger partial charge in [-0.25, -0.2) is 4.98 Å². The standard InChI is InChI=1S/C20H12ClN3O4/c21-13-7-10-18-17(11-13)23-20(28-18)15-3-1-2-4-16(15)22-19(25)12-5-8-14(9-6-12)24(26)27/h1-11H,(H,22,25). The van der Waals surface area contributed by atoms with E-state index in [9.17, 15) is 14.9 Å². The number of aromatic nitrogens is 1. The zero-order valence-electron chi connectivity index (χ0n) is 14.3. The van der Waals surface area contributed by atoms with Gasteiger partial charge in [0.15, 0.2) is 5.58 Å². The smallest absolute Gasteiger partial charge is 0.269 e. The van der Waals surface area contributed by atoms with Crippen molar-refractivity contribution in [1.82, 2.24) is 4.98 Å². The highest BCUT2D eigenvalue weighted by Gasteiger charge is 2.15. The zero-order valence-corrected chi connectivity index (χ0v) is 15.0. The number of rotatable bonds is 4. The van der Waals surface area contributed by atoms with Crippen molar-refractivity contribution in [1.29, 1.82) is 0 Å². The Labute approximate surface area is 163 Å². The Morgan fingerprint density at radius 3 is 2.57 bits per heavy atom. The molecule has 0 aliphatic rings. The fourth-order valence-corrected chi connectivity index (χ4v) is 2.89. The minimum atomic E-state index is -0.517. The fourth-order valence-electron chi connectivity index (χ4n) is 2.72. The number of benzene rings is 3. The minimum Gasteiger partial charge on any atom is -0.436 e. The predicted molar refractivity (Wildman–Crippen MR) is 106 cm³/mol. The van der Waals surface area contributed by atoms with E-state index >= 15 is 0 Å². The number of carbonyl (C=O) groups excluding carboxylic acids is 1. The number of hydrogen-bond acceptors (Lipinski definition) is 5. The lowest BCUT2D eigenvalue weighted by Crippen LogP contribution is -2.12. The number of para-hydroxylation sites is 1. The molecular formula is C20H12ClN3O4. The molecule has 0 spiro atoms. The van der Waals surface area contributed by atoms with E-state index in [2.05, 4.69) is 10.3 Å². The summed E-state index contributed by atoms with van der Waals surface area (Å²) in [5, 5.41) is 14.1. The highest BCUT2D eigenvalue weighted by Crippen LogP contribution is 2.31. The topological polar surface area (TPSA) is 98.3 Å². The lowest BCUT2D eigenvalue weighted by molar-refractivity contribution is -0.384. The normalized spacial score (nSPS) is 10.8. The summed E-state index contributed by atoms with van der Waals surface area (Å²) in [5.41, 5.74) is 2.51. The van der Waals surface area contributed by atoms with Crippen LogP contribution in [0.1, 0.15) is 10.4 Å². The molecule has 0 saturated carbocycles. The number of nitrogens with one attached hydrogen (secondary N) is 1. The highest BCUT2D eigenvalue weighted by atomic mass is 35.5. The van der Waals surface area contributed by atoms with Crippen LogP contribution in [-0.2, 0) is 0 Å². The summed E-state index contributed by atoms with van der Waals surface area (Å²) >= 11 is 5.99. The molecule has 0 radical (unpaired) electrons. The van der Waals surface area contributed by atoms with Crippen LogP contribution in [0.3, 0.4) is 0 Å². The monoisotopic (exact) mass is 393 g/mol. The van der Waals surface area contributed by atoms with Crippen LogP contribution in [0, 0.1) is 10.1 Å². The number of non-ortho nitro benzene ring substituents is 1. The van der Waals surface area contributed by atoms with Crippen molar-refractivity contribution in [2.75, 3.05) is 5.32 Å². The van der Waals surface area contributed by atoms with Gasteiger partial charge in [-0.15, -0.1) is 0 Å². The van der Waals surface area contributed by atoms with Gasteiger partial charge in [0.2, 0.25) is 5.89 Å². The van der Waals surface area contributed by atoms with Crippen molar-refractivity contribution in [2.45, 2.75) is 0 Å². The van der Waals surface area contributed by atoms with Gasteiger partial charge >= 0.3 is 0 Å². The molecule has 7 nitrogen and oxygen atoms in total. The Balaban J connectivity index is 1.65. The van der Waals surface area contributed by atoms with Crippen LogP contribution in [-0.4, -0.2) is 15.8 Å². The van der Waals surface area contributed by atoms with Gasteiger partial charge < -0.3 is 9.73 Å². The third-order valence-corrected chi connectivity index (χ3v) is 4.33. The van der Waals surface area contributed by atoms with E-state index in [1.54, 1.807) is 42.5 Å². The molecule has 0 aliphatic carbocycles. The van der Waals surface area contributed by atoms with Crippen molar-refractivity contribution < 1.29 is 14.1 Å². The lowest BCUT2D eigenvalue weighted by Gasteiger charge is -2.08. The van der Waals surface area contributed by atoms with Crippen molar-refractivity contribution in [3.05, 3.63) is 87.4 Å². The van der Waals surface area contributed by atoms with E-state index < -0.39 is 10.8 Å². The molecule has 1 N–H and O–H groups in total. The Bertz CT molecular complexity index is 1200. The lowest BCUT2D eigenvalue weighted by atomic mass is 10.1. The summed E-state index contributed by atoms with van der Waals surface area (Å²) in [5.74, 6) is -0.0571. The second-order valence-electron chi connectivity index (χ2n) is 5.93. The van der Waals surface area contributed by atoms with E-state index in [0.29, 0.717) is 38.8 Å². The van der Waals surface area contributed by atoms with Gasteiger partial charge in [0, 0.05) is 22.7 Å². The number of amides is 1. The summed E-state index contributed by atoms with van der Waals surface area (Å²) in [6.45, 7) is 0. The first kappa shape index (κ1) is 17.7. The van der Waals surface area contributed by atoms with Crippen LogP contribution in [0.2, 0.25) is 5.02 Å². The van der Waals surface area contributed by atoms with Crippen LogP contribution in [0.25, 0.3) is 22.6 Å². The maximum atomic E-state index is 12.5. The fraction of sp³-hybridized carbons (Fsp3) is 0. The van der Waals surface area contributed by atoms with Crippen molar-refractivity contribution in [3.8, 4) is 11.5 Å². The summed E-state index contributed by atoms with van der Waals surface area (Å²) in [7, 11) is 0. The summed E-state index contributed by atoms with van der Waals surface area (Å²) in [4.78, 5) is 27.2. The number of oxazole rings is 1. The molecule has 8 heteroatoms. The second-order valence-corrected chi connectivity index (χ2v) is 6.37. The molecule has 28 heavy (non-hydrogen) atoms. The molecule has 0 unspecified atom stereocenters. The third kappa shape index (κ3) is 3.43. The molecule has 1 aromatic heterocycles. The third-order valence-electron chi connectivity index (χ3n) is 4.10. The number of carbonyl (C=O) groups is 1. The molecule has 1 heterocycles. The molecule has 1 amide bonds. The van der Waals surface area contributed by atoms with E-state index in [1.165, 1.54) is 24.3 Å². The highest BCUT2D eigenvalue weighted by molar-refractivity contribution is 6.31. The van der Waals surface area contributed by atoms with Gasteiger partial charge in [-0.05, 0) is 42.5 Å². The van der Waals surface area contributed by atoms with Crippen LogP contribution < -0.4 is 5.32 Å². The number of nitro groups is 1. The Hall–Kier alpha value is -3.71. The van der Waals surface area contributed by atoms with Crippen molar-refractivity contribution >= 4 is 40.0 Å². The Morgan fingerprint density at radius 1 is 1.07 bits per heavy atom. The van der Waals surface area contributed by atoms with Gasteiger partial charge in [0.05, 0.1) is 16.2 Å². The van der Waals surface area contributed by atoms with E-state index in [4.69, 9.17) is 16.0 Å². The maximum absolute atomic E-state index is 12.5. The molecule has 138 valence electrons. The van der Waals surface area contributed by atoms with Gasteiger partial charge in [-0.3, -0.25) is 14.9 Å². The van der Waals surface area contributed by atoms with Gasteiger partial charge in [0.1, 0.15) is 5.52 Å². The largest absolute Gasteiger partial charge is 0.436 e. The molecule has 0 fully saturated rings. The molecule has 3 aromatic carbocycles. The molecular weight excluding hydrogens is 382 g/mol. The Kier molecular flexibility index (Phi) is 4.50. The van der Waals surface area contributed by atoms with Crippen LogP contribution in [0.15, 0.2) is 71.1 Å². The average molecular weight is 394 g/mol. The summed E-state index contributed by atoms with van der Waals surface area (Å²) in [6, 6.07) is 17.6. The molecule has 0 saturated heterocycles. The number of fused-ring (bicyclic) bond motifs is 1. The van der Waals surface area contributed by atoms with Gasteiger partial charge in [-0.1, -0.05) is 23.7 Å². The first-order chi connectivity index (χ1) is 13.5. The molecule has 0 aliphatic heterocycles. The SMILES string of the molecule is O=C(Nc1ccccc1-c1nc2cc(Cl)ccc2o1)c1ccc([N+](=O)[O-])cc1. The van der Waals surface area contributed by atoms with Gasteiger partial charge in [0.25, 0.3) is 11.6 Å². The van der Waals surface area contributed by atoms with Crippen LogP contribution in [0.4, 0.5) is 11.4 Å². The second kappa shape index (κ2) is 7.13. The Morgan fingerprint density at radius 2 is 1.82 bits per heavy atom. The van der Waals surface area contributed by atoms with Crippen molar-refractivity contribution in [2.24, 2.45) is 0 Å². The number of halogens is 1. The minimum absolute atomic E-state index is 0.0814. The maximum Gasteiger partial charge on any atom is 0.269 e. The quantitative estimate of drug-likeness (QED) is 0.374. The van der Waals surface area contributed by atoms with E-state index in [1.807, 2.05) is 0 Å². The number of hydrogen-bond donors (Lipinski definition) is 1. The molecule has 4 aromatic rings. The number of nitrogens with zero attached hydrogens (tertiary/aromatic N) is 2. The number of anilines is 1.